The third kappa shape index (κ3) is 2.59. The van der Waals surface area contributed by atoms with Crippen LogP contribution >= 0.6 is 23.1 Å². The lowest BCUT2D eigenvalue weighted by Gasteiger charge is -2.43. The smallest absolute Gasteiger partial charge is 0.305 e. The number of thioether (sulfide) groups is 1. The minimum absolute atomic E-state index is 0.0274. The third-order valence-corrected chi connectivity index (χ3v) is 10.6. The summed E-state index contributed by atoms with van der Waals surface area (Å²) >= 11 is 2.93. The van der Waals surface area contributed by atoms with Crippen LogP contribution in [0.2, 0.25) is 0 Å². The van der Waals surface area contributed by atoms with Crippen LogP contribution in [0.1, 0.15) is 22.8 Å². The van der Waals surface area contributed by atoms with E-state index in [-0.39, 0.29) is 63.2 Å². The van der Waals surface area contributed by atoms with E-state index in [0.29, 0.717) is 5.69 Å². The Labute approximate surface area is 197 Å². The molecule has 7 rings (SSSR count). The fourth-order valence-corrected chi connectivity index (χ4v) is 9.79. The second kappa shape index (κ2) is 6.84. The number of carbonyl (C=O) groups is 2. The van der Waals surface area contributed by atoms with Gasteiger partial charge in [0.2, 0.25) is 11.8 Å². The first-order chi connectivity index (χ1) is 16.0. The van der Waals surface area contributed by atoms with Crippen LogP contribution in [0, 0.1) is 29.6 Å². The van der Waals surface area contributed by atoms with Crippen LogP contribution < -0.4 is 9.77 Å². The third-order valence-electron chi connectivity index (χ3n) is 7.99. The fraction of sp³-hybridized carbons (Fsp3) is 0.320. The summed E-state index contributed by atoms with van der Waals surface area (Å²) in [6.45, 7) is 0. The summed E-state index contributed by atoms with van der Waals surface area (Å²) in [7, 11) is 0. The zero-order valence-corrected chi connectivity index (χ0v) is 19.0. The Morgan fingerprint density at radius 3 is 2.33 bits per heavy atom. The zero-order chi connectivity index (χ0) is 22.4. The second-order valence-corrected chi connectivity index (χ2v) is 11.6. The van der Waals surface area contributed by atoms with E-state index in [4.69, 9.17) is 0 Å². The highest BCUT2D eigenvalue weighted by atomic mass is 32.2. The summed E-state index contributed by atoms with van der Waals surface area (Å²) in [6, 6.07) is 16.4. The van der Waals surface area contributed by atoms with Gasteiger partial charge in [-0.2, -0.15) is 0 Å². The highest BCUT2D eigenvalue weighted by Gasteiger charge is 2.69. The molecule has 8 heteroatoms. The van der Waals surface area contributed by atoms with Crippen molar-refractivity contribution >= 4 is 40.6 Å². The summed E-state index contributed by atoms with van der Waals surface area (Å²) in [6.07, 6.45) is 0.867. The lowest BCUT2D eigenvalue weighted by Crippen LogP contribution is -2.42. The standard InChI is InChI=1S/C25H20N2O4S2/c28-13-8-6-11(7-9-13)16-17-14-10-15(20(17)32-22-21(16)33-25(31)26-22)19-18(14)23(29)27(24(19)30)12-4-2-1-3-5-12/h1-9,14-20,28H,10H2,(H,26,31)/t14-,15+,16+,17+,18-,19+,20-/m1/s1. The highest BCUT2D eigenvalue weighted by Crippen LogP contribution is 2.68. The molecule has 2 aliphatic carbocycles. The van der Waals surface area contributed by atoms with E-state index in [9.17, 15) is 19.5 Å². The van der Waals surface area contributed by atoms with Gasteiger partial charge in [0.1, 0.15) is 5.75 Å². The van der Waals surface area contributed by atoms with Crippen molar-refractivity contribution in [2.24, 2.45) is 29.6 Å². The number of aromatic nitrogens is 1. The second-order valence-electron chi connectivity index (χ2n) is 9.40. The number of aromatic amines is 1. The molecule has 1 saturated heterocycles. The number of para-hydroxylation sites is 1. The molecule has 4 aliphatic rings. The van der Waals surface area contributed by atoms with E-state index in [0.717, 1.165) is 21.9 Å². The van der Waals surface area contributed by atoms with Crippen molar-refractivity contribution in [2.45, 2.75) is 22.6 Å². The molecule has 3 aromatic rings. The predicted molar refractivity (Wildman–Crippen MR) is 126 cm³/mol. The Kier molecular flexibility index (Phi) is 4.06. The molecule has 166 valence electrons. The number of phenolic OH excluding ortho intramolecular Hbond substituents is 1. The number of fused-ring (bicyclic) bond motifs is 9. The van der Waals surface area contributed by atoms with Gasteiger partial charge in [0.25, 0.3) is 0 Å². The summed E-state index contributed by atoms with van der Waals surface area (Å²) in [4.78, 5) is 44.8. The monoisotopic (exact) mass is 476 g/mol. The number of thiazole rings is 1. The molecule has 2 N–H and O–H groups in total. The van der Waals surface area contributed by atoms with Crippen LogP contribution in [-0.2, 0) is 9.59 Å². The van der Waals surface area contributed by atoms with E-state index < -0.39 is 0 Å². The largest absolute Gasteiger partial charge is 0.508 e. The van der Waals surface area contributed by atoms with E-state index in [2.05, 4.69) is 4.98 Å². The van der Waals surface area contributed by atoms with Crippen molar-refractivity contribution in [3.8, 4) is 5.75 Å². The Bertz CT molecular complexity index is 1350. The molecular formula is C25H20N2O4S2. The molecule has 3 heterocycles. The van der Waals surface area contributed by atoms with Gasteiger partial charge in [-0.3, -0.25) is 19.3 Å². The van der Waals surface area contributed by atoms with E-state index in [1.165, 1.54) is 16.2 Å². The number of benzene rings is 2. The SMILES string of the molecule is O=C1[C@@H]2[C@@H]3C[C@H]([C@H]4Sc5[nH]c(=O)sc5[C@@H](c5ccc(O)cc5)[C@H]34)[C@@H]2C(=O)N1c1ccccc1. The Hall–Kier alpha value is -2.84. The molecular weight excluding hydrogens is 456 g/mol. The number of hydrogen-bond donors (Lipinski definition) is 2. The number of amides is 2. The lowest BCUT2D eigenvalue weighted by atomic mass is 9.68. The highest BCUT2D eigenvalue weighted by molar-refractivity contribution is 8.00. The van der Waals surface area contributed by atoms with Gasteiger partial charge in [-0.15, -0.1) is 11.8 Å². The van der Waals surface area contributed by atoms with Crippen molar-refractivity contribution in [2.75, 3.05) is 4.90 Å². The number of anilines is 1. The summed E-state index contributed by atoms with van der Waals surface area (Å²) in [5.74, 6) is -0.213. The van der Waals surface area contributed by atoms with Gasteiger partial charge in [-0.25, -0.2) is 0 Å². The first kappa shape index (κ1) is 19.6. The maximum Gasteiger partial charge on any atom is 0.305 e. The fourth-order valence-electron chi connectivity index (χ4n) is 6.90. The van der Waals surface area contributed by atoms with Gasteiger partial charge >= 0.3 is 4.87 Å². The number of hydrogen-bond acceptors (Lipinski definition) is 6. The molecule has 1 aromatic heterocycles. The minimum atomic E-state index is -0.304. The first-order valence-electron chi connectivity index (χ1n) is 11.1. The average Bonchev–Trinajstić information content (AvgIpc) is 3.54. The number of H-pyrrole nitrogens is 1. The van der Waals surface area contributed by atoms with Gasteiger partial charge in [-0.1, -0.05) is 41.7 Å². The van der Waals surface area contributed by atoms with Crippen molar-refractivity contribution in [1.29, 1.82) is 0 Å². The normalized spacial score (nSPS) is 33.8. The van der Waals surface area contributed by atoms with Gasteiger partial charge in [-0.05, 0) is 54.0 Å². The van der Waals surface area contributed by atoms with Crippen LogP contribution in [0.25, 0.3) is 0 Å². The van der Waals surface area contributed by atoms with Crippen LogP contribution in [0.5, 0.6) is 5.75 Å². The van der Waals surface area contributed by atoms with Crippen molar-refractivity contribution in [3.63, 3.8) is 0 Å². The molecule has 2 bridgehead atoms. The molecule has 7 atom stereocenters. The molecule has 33 heavy (non-hydrogen) atoms. The summed E-state index contributed by atoms with van der Waals surface area (Å²) < 4.78 is 0. The van der Waals surface area contributed by atoms with Crippen LogP contribution in [-0.4, -0.2) is 27.2 Å². The van der Waals surface area contributed by atoms with Crippen LogP contribution in [0.3, 0.4) is 0 Å². The first-order valence-corrected chi connectivity index (χ1v) is 12.8. The summed E-state index contributed by atoms with van der Waals surface area (Å²) in [5, 5.41) is 10.9. The molecule has 2 amide bonds. The number of nitrogens with one attached hydrogen (secondary N) is 1. The van der Waals surface area contributed by atoms with Gasteiger partial charge in [0.05, 0.1) is 22.5 Å². The minimum Gasteiger partial charge on any atom is -0.508 e. The maximum atomic E-state index is 13.6. The number of carbonyl (C=O) groups excluding carboxylic acids is 2. The molecule has 2 aromatic carbocycles. The number of aromatic hydroxyl groups is 1. The van der Waals surface area contributed by atoms with Crippen LogP contribution in [0.4, 0.5) is 5.69 Å². The molecule has 0 unspecified atom stereocenters. The van der Waals surface area contributed by atoms with Gasteiger partial charge < -0.3 is 10.1 Å². The molecule has 2 saturated carbocycles. The van der Waals surface area contributed by atoms with Crippen molar-refractivity contribution in [3.05, 3.63) is 74.7 Å². The molecule has 0 radical (unpaired) electrons. The number of phenols is 1. The van der Waals surface area contributed by atoms with Crippen LogP contribution in [0.15, 0.2) is 64.4 Å². The average molecular weight is 477 g/mol. The molecule has 0 spiro atoms. The Morgan fingerprint density at radius 1 is 0.909 bits per heavy atom. The molecule has 3 fully saturated rings. The number of rotatable bonds is 2. The molecule has 2 aliphatic heterocycles. The zero-order valence-electron chi connectivity index (χ0n) is 17.4. The summed E-state index contributed by atoms with van der Waals surface area (Å²) in [5.41, 5.74) is 1.69. The van der Waals surface area contributed by atoms with Crippen molar-refractivity contribution in [1.82, 2.24) is 4.98 Å². The lowest BCUT2D eigenvalue weighted by molar-refractivity contribution is -0.123. The maximum absolute atomic E-state index is 13.6. The van der Waals surface area contributed by atoms with E-state index in [1.54, 1.807) is 23.9 Å². The number of nitrogens with zero attached hydrogens (tertiary/aromatic N) is 1. The van der Waals surface area contributed by atoms with Gasteiger partial charge in [0.15, 0.2) is 0 Å². The predicted octanol–water partition coefficient (Wildman–Crippen LogP) is 3.82. The van der Waals surface area contributed by atoms with Gasteiger partial charge in [0, 0.05) is 16.0 Å². The van der Waals surface area contributed by atoms with Crippen molar-refractivity contribution < 1.29 is 14.7 Å². The van der Waals surface area contributed by atoms with E-state index >= 15 is 0 Å². The number of imide groups is 1. The molecule has 6 nitrogen and oxygen atoms in total. The topological polar surface area (TPSA) is 90.5 Å². The Morgan fingerprint density at radius 2 is 1.61 bits per heavy atom. The quantitative estimate of drug-likeness (QED) is 0.549. The van der Waals surface area contributed by atoms with E-state index in [1.807, 2.05) is 42.5 Å². The Balaban J connectivity index is 1.34.